The first-order valence-electron chi connectivity index (χ1n) is 7.03. The summed E-state index contributed by atoms with van der Waals surface area (Å²) in [6.45, 7) is 0.268. The Morgan fingerprint density at radius 3 is 2.81 bits per heavy atom. The number of benzene rings is 1. The van der Waals surface area contributed by atoms with Crippen molar-refractivity contribution in [2.45, 2.75) is 25.3 Å². The number of carboxylic acid groups (broad SMARTS) is 1. The van der Waals surface area contributed by atoms with Crippen molar-refractivity contribution in [2.75, 3.05) is 6.54 Å². The van der Waals surface area contributed by atoms with E-state index in [1.165, 1.54) is 0 Å². The molecule has 1 heterocycles. The number of nitrogens with zero attached hydrogens (tertiary/aromatic N) is 2. The molecule has 5 heteroatoms. The number of carbonyl (C=O) groups excluding carboxylic acids is 1. The lowest BCUT2D eigenvalue weighted by Crippen LogP contribution is -2.35. The van der Waals surface area contributed by atoms with Crippen LogP contribution in [0.5, 0.6) is 0 Å². The maximum Gasteiger partial charge on any atom is 0.305 e. The lowest BCUT2D eigenvalue weighted by molar-refractivity contribution is -0.137. The van der Waals surface area contributed by atoms with Gasteiger partial charge < -0.3 is 10.0 Å². The summed E-state index contributed by atoms with van der Waals surface area (Å²) in [6, 6.07) is 9.35. The fraction of sp³-hybridized carbons (Fsp3) is 0.312. The van der Waals surface area contributed by atoms with Crippen molar-refractivity contribution in [2.24, 2.45) is 0 Å². The Kier molecular flexibility index (Phi) is 3.56. The van der Waals surface area contributed by atoms with Crippen molar-refractivity contribution in [3.8, 4) is 0 Å². The van der Waals surface area contributed by atoms with Crippen LogP contribution in [0, 0.1) is 0 Å². The van der Waals surface area contributed by atoms with Crippen molar-refractivity contribution in [1.29, 1.82) is 0 Å². The molecule has 21 heavy (non-hydrogen) atoms. The van der Waals surface area contributed by atoms with Crippen LogP contribution < -0.4 is 0 Å². The highest BCUT2D eigenvalue weighted by atomic mass is 16.4. The van der Waals surface area contributed by atoms with Crippen LogP contribution in [0.4, 0.5) is 0 Å². The number of carbonyl (C=O) groups is 2. The van der Waals surface area contributed by atoms with Crippen LogP contribution in [0.15, 0.2) is 36.5 Å². The molecule has 0 aliphatic heterocycles. The molecule has 2 aromatic rings. The average molecular weight is 284 g/mol. The number of rotatable bonds is 5. The molecule has 1 amide bonds. The first-order valence-corrected chi connectivity index (χ1v) is 7.03. The van der Waals surface area contributed by atoms with Gasteiger partial charge in [-0.3, -0.25) is 14.6 Å². The second-order valence-electron chi connectivity index (χ2n) is 5.28. The van der Waals surface area contributed by atoms with Gasteiger partial charge in [-0.2, -0.15) is 0 Å². The minimum absolute atomic E-state index is 0.0165. The molecule has 0 bridgehead atoms. The number of fused-ring (bicyclic) bond motifs is 1. The van der Waals surface area contributed by atoms with Crippen molar-refractivity contribution in [3.63, 3.8) is 0 Å². The minimum Gasteiger partial charge on any atom is -0.481 e. The molecular formula is C16H16N2O3. The summed E-state index contributed by atoms with van der Waals surface area (Å²) in [5.74, 6) is -0.972. The zero-order valence-corrected chi connectivity index (χ0v) is 11.5. The van der Waals surface area contributed by atoms with E-state index in [0.29, 0.717) is 5.56 Å². The van der Waals surface area contributed by atoms with Gasteiger partial charge in [-0.25, -0.2) is 0 Å². The lowest BCUT2D eigenvalue weighted by atomic mass is 10.1. The molecule has 0 saturated heterocycles. The molecule has 0 unspecified atom stereocenters. The van der Waals surface area contributed by atoms with Crippen molar-refractivity contribution < 1.29 is 14.7 Å². The summed E-state index contributed by atoms with van der Waals surface area (Å²) >= 11 is 0. The summed E-state index contributed by atoms with van der Waals surface area (Å²) in [6.07, 6.45) is 3.62. The molecule has 3 rings (SSSR count). The van der Waals surface area contributed by atoms with E-state index in [-0.39, 0.29) is 24.9 Å². The Morgan fingerprint density at radius 2 is 2.10 bits per heavy atom. The van der Waals surface area contributed by atoms with Gasteiger partial charge in [0.2, 0.25) is 0 Å². The summed E-state index contributed by atoms with van der Waals surface area (Å²) < 4.78 is 0. The molecule has 0 spiro atoms. The first-order chi connectivity index (χ1) is 10.1. The molecule has 5 nitrogen and oxygen atoms in total. The molecule has 1 fully saturated rings. The number of amides is 1. The van der Waals surface area contributed by atoms with E-state index in [0.717, 1.165) is 23.7 Å². The quantitative estimate of drug-likeness (QED) is 0.914. The van der Waals surface area contributed by atoms with Gasteiger partial charge in [0.05, 0.1) is 11.9 Å². The largest absolute Gasteiger partial charge is 0.481 e. The van der Waals surface area contributed by atoms with E-state index in [1.54, 1.807) is 17.2 Å². The third-order valence-corrected chi connectivity index (χ3v) is 3.67. The fourth-order valence-corrected chi connectivity index (χ4v) is 2.43. The average Bonchev–Trinajstić information content (AvgIpc) is 3.31. The van der Waals surface area contributed by atoms with E-state index in [4.69, 9.17) is 5.11 Å². The Bertz CT molecular complexity index is 695. The smallest absolute Gasteiger partial charge is 0.305 e. The number of carboxylic acids is 1. The van der Waals surface area contributed by atoms with E-state index < -0.39 is 5.97 Å². The summed E-state index contributed by atoms with van der Waals surface area (Å²) in [7, 11) is 0. The molecule has 1 aromatic heterocycles. The van der Waals surface area contributed by atoms with E-state index in [9.17, 15) is 9.59 Å². The van der Waals surface area contributed by atoms with E-state index in [1.807, 2.05) is 24.3 Å². The summed E-state index contributed by atoms with van der Waals surface area (Å²) in [5, 5.41) is 9.73. The van der Waals surface area contributed by atoms with Crippen LogP contribution in [-0.2, 0) is 4.79 Å². The second kappa shape index (κ2) is 5.52. The number of hydrogen-bond acceptors (Lipinski definition) is 3. The molecule has 108 valence electrons. The second-order valence-corrected chi connectivity index (χ2v) is 5.28. The van der Waals surface area contributed by atoms with Gasteiger partial charge in [-0.15, -0.1) is 0 Å². The zero-order chi connectivity index (χ0) is 14.8. The molecule has 1 aromatic carbocycles. The van der Waals surface area contributed by atoms with Crippen LogP contribution in [-0.4, -0.2) is 39.5 Å². The standard InChI is InChI=1S/C16H16N2O3/c19-15(20)7-9-18(13-4-5-13)16(21)12-3-6-14-11(10-12)2-1-8-17-14/h1-3,6,8,10,13H,4-5,7,9H2,(H,19,20). The monoisotopic (exact) mass is 284 g/mol. The van der Waals surface area contributed by atoms with Crippen LogP contribution in [0.1, 0.15) is 29.6 Å². The van der Waals surface area contributed by atoms with Crippen LogP contribution >= 0.6 is 0 Å². The number of hydrogen-bond donors (Lipinski definition) is 1. The third kappa shape index (κ3) is 3.02. The number of aromatic nitrogens is 1. The van der Waals surface area contributed by atoms with Crippen LogP contribution in [0.3, 0.4) is 0 Å². The highest BCUT2D eigenvalue weighted by Gasteiger charge is 2.33. The maximum atomic E-state index is 12.6. The Balaban J connectivity index is 1.84. The molecule has 0 atom stereocenters. The van der Waals surface area contributed by atoms with E-state index >= 15 is 0 Å². The Morgan fingerprint density at radius 1 is 1.29 bits per heavy atom. The number of pyridine rings is 1. The van der Waals surface area contributed by atoms with Gasteiger partial charge in [0.1, 0.15) is 0 Å². The van der Waals surface area contributed by atoms with Crippen LogP contribution in [0.25, 0.3) is 10.9 Å². The Labute approximate surface area is 122 Å². The van der Waals surface area contributed by atoms with Crippen LogP contribution in [0.2, 0.25) is 0 Å². The highest BCUT2D eigenvalue weighted by Crippen LogP contribution is 2.29. The maximum absolute atomic E-state index is 12.6. The third-order valence-electron chi connectivity index (χ3n) is 3.67. The van der Waals surface area contributed by atoms with E-state index in [2.05, 4.69) is 4.98 Å². The minimum atomic E-state index is -0.879. The molecule has 1 N–H and O–H groups in total. The topological polar surface area (TPSA) is 70.5 Å². The highest BCUT2D eigenvalue weighted by molar-refractivity contribution is 5.98. The van der Waals surface area contributed by atoms with Gasteiger partial charge in [-0.05, 0) is 37.1 Å². The fourth-order valence-electron chi connectivity index (χ4n) is 2.43. The van der Waals surface area contributed by atoms with Crippen molar-refractivity contribution >= 4 is 22.8 Å². The molecule has 0 radical (unpaired) electrons. The SMILES string of the molecule is O=C(O)CCN(C(=O)c1ccc2ncccc2c1)C1CC1. The van der Waals surface area contributed by atoms with Gasteiger partial charge >= 0.3 is 5.97 Å². The first kappa shape index (κ1) is 13.5. The molecule has 1 aliphatic rings. The normalized spacial score (nSPS) is 14.1. The molecule has 1 aliphatic carbocycles. The van der Waals surface area contributed by atoms with Crippen molar-refractivity contribution in [1.82, 2.24) is 9.88 Å². The van der Waals surface area contributed by atoms with Crippen molar-refractivity contribution in [3.05, 3.63) is 42.1 Å². The number of aliphatic carboxylic acids is 1. The van der Waals surface area contributed by atoms with Gasteiger partial charge in [0.25, 0.3) is 5.91 Å². The van der Waals surface area contributed by atoms with Gasteiger partial charge in [0, 0.05) is 29.7 Å². The summed E-state index contributed by atoms with van der Waals surface area (Å²) in [5.41, 5.74) is 1.44. The zero-order valence-electron chi connectivity index (χ0n) is 11.5. The predicted molar refractivity (Wildman–Crippen MR) is 78.1 cm³/mol. The lowest BCUT2D eigenvalue weighted by Gasteiger charge is -2.21. The summed E-state index contributed by atoms with van der Waals surface area (Å²) in [4.78, 5) is 29.2. The van der Waals surface area contributed by atoms with Gasteiger partial charge in [0.15, 0.2) is 0 Å². The Hall–Kier alpha value is -2.43. The van der Waals surface area contributed by atoms with Gasteiger partial charge in [-0.1, -0.05) is 6.07 Å². The predicted octanol–water partition coefficient (Wildman–Crippen LogP) is 2.31. The molecular weight excluding hydrogens is 268 g/mol. The molecule has 1 saturated carbocycles.